The maximum Gasteiger partial charge on any atom is 0.441 e. The van der Waals surface area contributed by atoms with Gasteiger partial charge in [-0.2, -0.15) is 13.2 Å². The lowest BCUT2D eigenvalue weighted by molar-refractivity contribution is -0.694. The fourth-order valence-electron chi connectivity index (χ4n) is 1.07. The molecule has 1 atom stereocenters. The van der Waals surface area contributed by atoms with Crippen LogP contribution in [0.1, 0.15) is 12.8 Å². The van der Waals surface area contributed by atoms with Crippen molar-refractivity contribution in [1.29, 1.82) is 0 Å². The highest BCUT2D eigenvalue weighted by Gasteiger charge is 2.44. The van der Waals surface area contributed by atoms with E-state index in [-0.39, 0.29) is 0 Å². The van der Waals surface area contributed by atoms with Gasteiger partial charge in [0.15, 0.2) is 6.04 Å². The smallest absolute Gasteiger partial charge is 0.336 e. The Morgan fingerprint density at radius 2 is 2.00 bits per heavy atom. The number of quaternary nitrogens is 1. The molecule has 0 radical (unpaired) electrons. The molecule has 0 saturated carbocycles. The summed E-state index contributed by atoms with van der Waals surface area (Å²) < 4.78 is 35.2. The molecule has 0 spiro atoms. The van der Waals surface area contributed by atoms with Crippen LogP contribution in [0.15, 0.2) is 0 Å². The number of alkyl halides is 3. The van der Waals surface area contributed by atoms with Gasteiger partial charge in [0.05, 0.1) is 6.54 Å². The van der Waals surface area contributed by atoms with E-state index in [0.717, 1.165) is 0 Å². The van der Waals surface area contributed by atoms with Gasteiger partial charge in [-0.15, -0.1) is 0 Å². The summed E-state index contributed by atoms with van der Waals surface area (Å²) in [6.07, 6.45) is -2.98. The molecule has 0 aromatic carbocycles. The summed E-state index contributed by atoms with van der Waals surface area (Å²) in [4.78, 5) is 0. The summed E-state index contributed by atoms with van der Waals surface area (Å²) in [5, 5.41) is 1.36. The van der Waals surface area contributed by atoms with Gasteiger partial charge in [0.2, 0.25) is 0 Å². The highest BCUT2D eigenvalue weighted by molar-refractivity contribution is 4.67. The molecule has 0 unspecified atom stereocenters. The molecule has 1 rings (SSSR count). The van der Waals surface area contributed by atoms with Crippen molar-refractivity contribution < 1.29 is 18.5 Å². The Labute approximate surface area is 51.2 Å². The summed E-state index contributed by atoms with van der Waals surface area (Å²) in [5.41, 5.74) is 0. The maximum absolute atomic E-state index is 11.7. The maximum atomic E-state index is 11.7. The largest absolute Gasteiger partial charge is 0.441 e. The number of hydrogen-bond acceptors (Lipinski definition) is 0. The van der Waals surface area contributed by atoms with E-state index in [1.165, 1.54) is 5.32 Å². The average molecular weight is 140 g/mol. The van der Waals surface area contributed by atoms with Crippen molar-refractivity contribution in [1.82, 2.24) is 0 Å². The molecule has 4 heteroatoms. The number of halogens is 3. The van der Waals surface area contributed by atoms with Crippen molar-refractivity contribution in [3.05, 3.63) is 0 Å². The molecule has 9 heavy (non-hydrogen) atoms. The van der Waals surface area contributed by atoms with Crippen molar-refractivity contribution >= 4 is 0 Å². The van der Waals surface area contributed by atoms with Crippen LogP contribution in [-0.2, 0) is 0 Å². The van der Waals surface area contributed by atoms with Crippen LogP contribution < -0.4 is 5.32 Å². The Kier molecular flexibility index (Phi) is 1.66. The molecule has 1 fully saturated rings. The van der Waals surface area contributed by atoms with Crippen molar-refractivity contribution in [2.24, 2.45) is 0 Å². The summed E-state index contributed by atoms with van der Waals surface area (Å²) in [6.45, 7) is 0.629. The molecule has 1 saturated heterocycles. The summed E-state index contributed by atoms with van der Waals surface area (Å²) >= 11 is 0. The summed E-state index contributed by atoms with van der Waals surface area (Å²) in [6, 6.07) is -1.11. The van der Waals surface area contributed by atoms with Crippen LogP contribution in [-0.4, -0.2) is 18.8 Å². The van der Waals surface area contributed by atoms with E-state index in [9.17, 15) is 13.2 Å². The zero-order valence-corrected chi connectivity index (χ0v) is 4.91. The van der Waals surface area contributed by atoms with Crippen LogP contribution >= 0.6 is 0 Å². The SMILES string of the molecule is FC(F)(F)[C@@H]1CCC[NH2+]1. The first-order valence-corrected chi connectivity index (χ1v) is 3.01. The first-order chi connectivity index (χ1) is 4.11. The van der Waals surface area contributed by atoms with E-state index >= 15 is 0 Å². The molecule has 2 N–H and O–H groups in total. The van der Waals surface area contributed by atoms with Gasteiger partial charge in [-0.1, -0.05) is 0 Å². The molecule has 0 amide bonds. The molecule has 1 nitrogen and oxygen atoms in total. The first-order valence-electron chi connectivity index (χ1n) is 3.01. The van der Waals surface area contributed by atoms with Gasteiger partial charge in [-0.3, -0.25) is 0 Å². The quantitative estimate of drug-likeness (QED) is 0.497. The molecule has 0 aliphatic carbocycles. The van der Waals surface area contributed by atoms with E-state index in [4.69, 9.17) is 0 Å². The highest BCUT2D eigenvalue weighted by Crippen LogP contribution is 2.22. The minimum absolute atomic E-state index is 0.295. The second kappa shape index (κ2) is 2.17. The Hall–Kier alpha value is -0.250. The fraction of sp³-hybridized carbons (Fsp3) is 1.00. The lowest BCUT2D eigenvalue weighted by Crippen LogP contribution is -2.89. The third-order valence-corrected chi connectivity index (χ3v) is 1.59. The molecular weight excluding hydrogens is 131 g/mol. The van der Waals surface area contributed by atoms with Crippen LogP contribution in [0.5, 0.6) is 0 Å². The van der Waals surface area contributed by atoms with Gasteiger partial charge in [0.1, 0.15) is 0 Å². The van der Waals surface area contributed by atoms with Crippen LogP contribution in [0.4, 0.5) is 13.2 Å². The molecule has 0 aromatic heterocycles. The predicted octanol–water partition coefficient (Wildman–Crippen LogP) is 0.274. The van der Waals surface area contributed by atoms with E-state index in [0.29, 0.717) is 19.4 Å². The predicted molar refractivity (Wildman–Crippen MR) is 25.9 cm³/mol. The van der Waals surface area contributed by atoms with Gasteiger partial charge in [-0.25, -0.2) is 0 Å². The van der Waals surface area contributed by atoms with Crippen LogP contribution in [0.25, 0.3) is 0 Å². The molecule has 0 bridgehead atoms. The van der Waals surface area contributed by atoms with Gasteiger partial charge < -0.3 is 5.32 Å². The van der Waals surface area contributed by atoms with E-state index in [1.54, 1.807) is 0 Å². The second-order valence-electron chi connectivity index (χ2n) is 2.31. The normalized spacial score (nSPS) is 29.0. The van der Waals surface area contributed by atoms with Crippen molar-refractivity contribution in [3.63, 3.8) is 0 Å². The summed E-state index contributed by atoms with van der Waals surface area (Å²) in [7, 11) is 0. The van der Waals surface area contributed by atoms with Gasteiger partial charge in [0.25, 0.3) is 0 Å². The molecule has 0 aromatic rings. The minimum Gasteiger partial charge on any atom is -0.336 e. The van der Waals surface area contributed by atoms with Crippen molar-refractivity contribution in [2.75, 3.05) is 6.54 Å². The van der Waals surface area contributed by atoms with Gasteiger partial charge >= 0.3 is 6.18 Å². The topological polar surface area (TPSA) is 16.6 Å². The Bertz CT molecular complexity index is 92.9. The van der Waals surface area contributed by atoms with E-state index < -0.39 is 12.2 Å². The molecule has 1 aliphatic rings. The number of nitrogens with two attached hydrogens (primary N) is 1. The molecule has 54 valence electrons. The minimum atomic E-state index is -3.98. The zero-order valence-electron chi connectivity index (χ0n) is 4.91. The van der Waals surface area contributed by atoms with Crippen molar-refractivity contribution in [3.8, 4) is 0 Å². The third-order valence-electron chi connectivity index (χ3n) is 1.59. The molecule has 1 heterocycles. The fourth-order valence-corrected chi connectivity index (χ4v) is 1.07. The number of rotatable bonds is 0. The average Bonchev–Trinajstić information content (AvgIpc) is 2.08. The van der Waals surface area contributed by atoms with Crippen LogP contribution in [0.3, 0.4) is 0 Å². The summed E-state index contributed by atoms with van der Waals surface area (Å²) in [5.74, 6) is 0. The van der Waals surface area contributed by atoms with E-state index in [1.807, 2.05) is 0 Å². The Morgan fingerprint density at radius 1 is 1.33 bits per heavy atom. The lowest BCUT2D eigenvalue weighted by Gasteiger charge is -2.09. The van der Waals surface area contributed by atoms with Crippen LogP contribution in [0, 0.1) is 0 Å². The monoisotopic (exact) mass is 140 g/mol. The molecular formula is C5H9F3N+. The van der Waals surface area contributed by atoms with E-state index in [2.05, 4.69) is 0 Å². The Morgan fingerprint density at radius 3 is 2.22 bits per heavy atom. The van der Waals surface area contributed by atoms with Gasteiger partial charge in [0, 0.05) is 12.8 Å². The molecule has 1 aliphatic heterocycles. The lowest BCUT2D eigenvalue weighted by atomic mass is 10.2. The third kappa shape index (κ3) is 1.58. The van der Waals surface area contributed by atoms with Crippen LogP contribution in [0.2, 0.25) is 0 Å². The first kappa shape index (κ1) is 6.86. The van der Waals surface area contributed by atoms with Crippen molar-refractivity contribution in [2.45, 2.75) is 25.1 Å². The van der Waals surface area contributed by atoms with Gasteiger partial charge in [-0.05, 0) is 0 Å². The second-order valence-corrected chi connectivity index (χ2v) is 2.31. The standard InChI is InChI=1S/C5H8F3N/c6-5(7,8)4-2-1-3-9-4/h4,9H,1-3H2/p+1/t4-/m0/s1. The highest BCUT2D eigenvalue weighted by atomic mass is 19.4. The number of hydrogen-bond donors (Lipinski definition) is 1. The Balaban J connectivity index is 2.42. The zero-order chi connectivity index (χ0) is 6.91.